The van der Waals surface area contributed by atoms with E-state index < -0.39 is 0 Å². The van der Waals surface area contributed by atoms with Gasteiger partial charge in [-0.25, -0.2) is 4.98 Å². The van der Waals surface area contributed by atoms with Crippen LogP contribution in [0, 0.1) is 0 Å². The minimum absolute atomic E-state index is 0.652. The summed E-state index contributed by atoms with van der Waals surface area (Å²) in [5, 5.41) is 0. The van der Waals surface area contributed by atoms with Crippen molar-refractivity contribution in [1.29, 1.82) is 0 Å². The van der Waals surface area contributed by atoms with Gasteiger partial charge in [0.05, 0.1) is 12.8 Å². The van der Waals surface area contributed by atoms with Crippen LogP contribution < -0.4 is 15.4 Å². The van der Waals surface area contributed by atoms with Crippen molar-refractivity contribution < 1.29 is 4.74 Å². The first-order chi connectivity index (χ1) is 6.74. The highest BCUT2D eigenvalue weighted by Gasteiger charge is 1.97. The van der Waals surface area contributed by atoms with Crippen LogP contribution in [0.3, 0.4) is 0 Å². The predicted molar refractivity (Wildman–Crippen MR) is 57.7 cm³/mol. The summed E-state index contributed by atoms with van der Waals surface area (Å²) in [4.78, 5) is 6.17. The van der Waals surface area contributed by atoms with Gasteiger partial charge in [0, 0.05) is 14.1 Å². The fourth-order valence-corrected chi connectivity index (χ4v) is 0.996. The molecular formula is C10H17N3O. The average Bonchev–Trinajstić information content (AvgIpc) is 2.19. The molecule has 0 aromatic carbocycles. The van der Waals surface area contributed by atoms with Crippen molar-refractivity contribution in [3.63, 3.8) is 0 Å². The molecule has 0 unspecified atom stereocenters. The summed E-state index contributed by atoms with van der Waals surface area (Å²) in [5.41, 5.74) is 5.35. The van der Waals surface area contributed by atoms with Gasteiger partial charge >= 0.3 is 0 Å². The van der Waals surface area contributed by atoms with Crippen LogP contribution in [-0.2, 0) is 0 Å². The van der Waals surface area contributed by atoms with Crippen LogP contribution in [0.2, 0.25) is 0 Å². The summed E-state index contributed by atoms with van der Waals surface area (Å²) in [6.45, 7) is 1.31. The molecule has 0 amide bonds. The minimum atomic E-state index is 0.652. The van der Waals surface area contributed by atoms with Crippen LogP contribution in [0.25, 0.3) is 0 Å². The van der Waals surface area contributed by atoms with E-state index in [9.17, 15) is 0 Å². The summed E-state index contributed by atoms with van der Waals surface area (Å²) in [6.07, 6.45) is 2.60. The Balaban J connectivity index is 2.47. The number of pyridine rings is 1. The van der Waals surface area contributed by atoms with Crippen LogP contribution in [0.15, 0.2) is 18.3 Å². The van der Waals surface area contributed by atoms with Crippen LogP contribution in [0.5, 0.6) is 5.75 Å². The molecule has 0 bridgehead atoms. The van der Waals surface area contributed by atoms with E-state index in [2.05, 4.69) is 4.98 Å². The van der Waals surface area contributed by atoms with E-state index in [0.717, 1.165) is 18.0 Å². The first-order valence-corrected chi connectivity index (χ1v) is 4.70. The Morgan fingerprint density at radius 3 is 2.71 bits per heavy atom. The molecule has 0 saturated carbocycles. The Hall–Kier alpha value is -1.29. The van der Waals surface area contributed by atoms with Crippen molar-refractivity contribution in [3.8, 4) is 5.75 Å². The lowest BCUT2D eigenvalue weighted by atomic mass is 10.4. The van der Waals surface area contributed by atoms with E-state index in [0.29, 0.717) is 13.2 Å². The Kier molecular flexibility index (Phi) is 4.19. The molecule has 2 N–H and O–H groups in total. The van der Waals surface area contributed by atoms with Gasteiger partial charge in [0.2, 0.25) is 0 Å². The molecule has 0 saturated heterocycles. The number of anilines is 1. The molecule has 1 rings (SSSR count). The number of rotatable bonds is 5. The molecule has 0 aliphatic rings. The van der Waals surface area contributed by atoms with Gasteiger partial charge in [-0.3, -0.25) is 0 Å². The maximum absolute atomic E-state index is 5.42. The van der Waals surface area contributed by atoms with Gasteiger partial charge in [-0.1, -0.05) is 0 Å². The minimum Gasteiger partial charge on any atom is -0.492 e. The Bertz CT molecular complexity index is 259. The van der Waals surface area contributed by atoms with E-state index in [1.54, 1.807) is 6.20 Å². The number of ether oxygens (including phenoxy) is 1. The van der Waals surface area contributed by atoms with Crippen molar-refractivity contribution >= 4 is 5.82 Å². The van der Waals surface area contributed by atoms with Gasteiger partial charge in [0.15, 0.2) is 0 Å². The van der Waals surface area contributed by atoms with Gasteiger partial charge in [-0.05, 0) is 25.1 Å². The molecule has 0 aliphatic heterocycles. The smallest absolute Gasteiger partial charge is 0.137 e. The van der Waals surface area contributed by atoms with Crippen molar-refractivity contribution in [1.82, 2.24) is 4.98 Å². The first kappa shape index (κ1) is 10.8. The molecular weight excluding hydrogens is 178 g/mol. The summed E-state index contributed by atoms with van der Waals surface area (Å²) >= 11 is 0. The van der Waals surface area contributed by atoms with E-state index in [1.807, 2.05) is 31.1 Å². The maximum Gasteiger partial charge on any atom is 0.137 e. The van der Waals surface area contributed by atoms with E-state index >= 15 is 0 Å². The van der Waals surface area contributed by atoms with Gasteiger partial charge in [-0.15, -0.1) is 0 Å². The van der Waals surface area contributed by atoms with E-state index in [-0.39, 0.29) is 0 Å². The summed E-state index contributed by atoms with van der Waals surface area (Å²) in [7, 11) is 3.91. The van der Waals surface area contributed by atoms with Gasteiger partial charge in [0.1, 0.15) is 11.6 Å². The second-order valence-corrected chi connectivity index (χ2v) is 3.24. The molecule has 1 aromatic heterocycles. The molecule has 4 nitrogen and oxygen atoms in total. The highest BCUT2D eigenvalue weighted by molar-refractivity contribution is 5.38. The van der Waals surface area contributed by atoms with Gasteiger partial charge < -0.3 is 15.4 Å². The molecule has 1 heterocycles. The van der Waals surface area contributed by atoms with Crippen LogP contribution in [0.1, 0.15) is 6.42 Å². The van der Waals surface area contributed by atoms with Crippen molar-refractivity contribution in [3.05, 3.63) is 18.3 Å². The first-order valence-electron chi connectivity index (χ1n) is 4.70. The fraction of sp³-hybridized carbons (Fsp3) is 0.500. The van der Waals surface area contributed by atoms with Crippen molar-refractivity contribution in [2.24, 2.45) is 5.73 Å². The van der Waals surface area contributed by atoms with Crippen LogP contribution in [-0.4, -0.2) is 32.2 Å². The largest absolute Gasteiger partial charge is 0.492 e. The average molecular weight is 195 g/mol. The third kappa shape index (κ3) is 3.22. The zero-order chi connectivity index (χ0) is 10.4. The molecule has 0 radical (unpaired) electrons. The SMILES string of the molecule is CN(C)c1ccc(OCCCN)cn1. The van der Waals surface area contributed by atoms with Crippen molar-refractivity contribution in [2.75, 3.05) is 32.1 Å². The summed E-state index contributed by atoms with van der Waals surface area (Å²) in [5.74, 6) is 1.72. The van der Waals surface area contributed by atoms with Crippen LogP contribution >= 0.6 is 0 Å². The molecule has 1 aromatic rings. The quantitative estimate of drug-likeness (QED) is 0.708. The zero-order valence-corrected chi connectivity index (χ0v) is 8.73. The number of nitrogens with zero attached hydrogens (tertiary/aromatic N) is 2. The molecule has 0 spiro atoms. The standard InChI is InChI=1S/C10H17N3O/c1-13(2)10-5-4-9(8-12-10)14-7-3-6-11/h4-5,8H,3,6-7,11H2,1-2H3. The molecule has 78 valence electrons. The number of nitrogens with two attached hydrogens (primary N) is 1. The van der Waals surface area contributed by atoms with E-state index in [4.69, 9.17) is 10.5 Å². The molecule has 0 atom stereocenters. The fourth-order valence-electron chi connectivity index (χ4n) is 0.996. The molecule has 0 aliphatic carbocycles. The summed E-state index contributed by atoms with van der Waals surface area (Å²) < 4.78 is 5.42. The second-order valence-electron chi connectivity index (χ2n) is 3.24. The van der Waals surface area contributed by atoms with Crippen molar-refractivity contribution in [2.45, 2.75) is 6.42 Å². The monoisotopic (exact) mass is 195 g/mol. The number of hydrogen-bond donors (Lipinski definition) is 1. The Labute approximate surface area is 84.7 Å². The third-order valence-electron chi connectivity index (χ3n) is 1.80. The topological polar surface area (TPSA) is 51.4 Å². The second kappa shape index (κ2) is 5.44. The highest BCUT2D eigenvalue weighted by atomic mass is 16.5. The number of hydrogen-bond acceptors (Lipinski definition) is 4. The lowest BCUT2D eigenvalue weighted by molar-refractivity contribution is 0.312. The molecule has 0 fully saturated rings. The van der Waals surface area contributed by atoms with Gasteiger partial charge in [0.25, 0.3) is 0 Å². The highest BCUT2D eigenvalue weighted by Crippen LogP contribution is 2.13. The van der Waals surface area contributed by atoms with Gasteiger partial charge in [-0.2, -0.15) is 0 Å². The lowest BCUT2D eigenvalue weighted by Crippen LogP contribution is -2.10. The van der Waals surface area contributed by atoms with E-state index in [1.165, 1.54) is 0 Å². The summed E-state index contributed by atoms with van der Waals surface area (Å²) in [6, 6.07) is 3.84. The third-order valence-corrected chi connectivity index (χ3v) is 1.80. The zero-order valence-electron chi connectivity index (χ0n) is 8.73. The Morgan fingerprint density at radius 2 is 2.21 bits per heavy atom. The normalized spacial score (nSPS) is 9.93. The Morgan fingerprint density at radius 1 is 1.43 bits per heavy atom. The lowest BCUT2D eigenvalue weighted by Gasteiger charge is -2.11. The molecule has 14 heavy (non-hydrogen) atoms. The molecule has 4 heteroatoms. The maximum atomic E-state index is 5.42. The predicted octanol–water partition coefficient (Wildman–Crippen LogP) is 0.875. The number of aromatic nitrogens is 1. The van der Waals surface area contributed by atoms with Crippen LogP contribution in [0.4, 0.5) is 5.82 Å².